The van der Waals surface area contributed by atoms with Crippen LogP contribution in [0.2, 0.25) is 0 Å². The summed E-state index contributed by atoms with van der Waals surface area (Å²) >= 11 is 0. The Kier molecular flexibility index (Phi) is 7.92. The zero-order valence-electron chi connectivity index (χ0n) is 6.49. The van der Waals surface area contributed by atoms with Crippen LogP contribution in [0.1, 0.15) is 27.7 Å². The monoisotopic (exact) mass is 132 g/mol. The maximum absolute atomic E-state index is 2.27. The van der Waals surface area contributed by atoms with Crippen LogP contribution < -0.4 is 4.90 Å². The van der Waals surface area contributed by atoms with Crippen molar-refractivity contribution in [1.82, 2.24) is 0 Å². The minimum Gasteiger partial charge on any atom is -0.340 e. The Labute approximate surface area is 60.1 Å². The van der Waals surface area contributed by atoms with Gasteiger partial charge in [0.25, 0.3) is 0 Å². The summed E-state index contributed by atoms with van der Waals surface area (Å²) in [5, 5.41) is 0. The molecule has 0 radical (unpaired) electrons. The third-order valence-corrected chi connectivity index (χ3v) is 1.22. The summed E-state index contributed by atoms with van der Waals surface area (Å²) in [5.41, 5.74) is 0. The maximum atomic E-state index is 2.27. The predicted octanol–water partition coefficient (Wildman–Crippen LogP) is 0.813. The highest BCUT2D eigenvalue weighted by molar-refractivity contribution is 4.39. The topological polar surface area (TPSA) is 4.44 Å². The van der Waals surface area contributed by atoms with Gasteiger partial charge < -0.3 is 4.90 Å². The van der Waals surface area contributed by atoms with E-state index in [0.717, 1.165) is 5.92 Å². The van der Waals surface area contributed by atoms with Gasteiger partial charge in [-0.3, -0.25) is 0 Å². The molecule has 1 nitrogen and oxygen atoms in total. The van der Waals surface area contributed by atoms with E-state index < -0.39 is 0 Å². The van der Waals surface area contributed by atoms with E-state index >= 15 is 0 Å². The normalized spacial score (nSPS) is 10.0. The van der Waals surface area contributed by atoms with Crippen LogP contribution in [0.5, 0.6) is 0 Å². The van der Waals surface area contributed by atoms with Gasteiger partial charge in [0.2, 0.25) is 0 Å². The van der Waals surface area contributed by atoms with E-state index in [0.29, 0.717) is 0 Å². The van der Waals surface area contributed by atoms with E-state index in [1.165, 1.54) is 13.0 Å². The highest BCUT2D eigenvalue weighted by Gasteiger charge is 1.95. The van der Waals surface area contributed by atoms with Crippen molar-refractivity contribution in [1.29, 1.82) is 0 Å². The van der Waals surface area contributed by atoms with Crippen LogP contribution in [0, 0.1) is 5.92 Å². The van der Waals surface area contributed by atoms with Gasteiger partial charge in [-0.2, -0.15) is 0 Å². The summed E-state index contributed by atoms with van der Waals surface area (Å²) in [7, 11) is 4.39. The van der Waals surface area contributed by atoms with E-state index in [2.05, 4.69) is 27.9 Å². The predicted molar refractivity (Wildman–Crippen MR) is 43.9 cm³/mol. The summed E-state index contributed by atoms with van der Waals surface area (Å²) < 4.78 is 0. The lowest BCUT2D eigenvalue weighted by molar-refractivity contribution is -0.858. The van der Waals surface area contributed by atoms with Crippen molar-refractivity contribution in [2.75, 3.05) is 20.6 Å². The summed E-state index contributed by atoms with van der Waals surface area (Å²) in [4.78, 5) is 1.55. The first kappa shape index (κ1) is 11.7. The molecule has 0 aliphatic heterocycles. The Hall–Kier alpha value is -0.0400. The van der Waals surface area contributed by atoms with Crippen LogP contribution in [0.3, 0.4) is 0 Å². The molecule has 9 heavy (non-hydrogen) atoms. The number of hydrogen-bond donors (Lipinski definition) is 1. The van der Waals surface area contributed by atoms with Crippen LogP contribution >= 0.6 is 0 Å². The molecule has 0 heterocycles. The van der Waals surface area contributed by atoms with Crippen LogP contribution in [0.25, 0.3) is 0 Å². The van der Waals surface area contributed by atoms with Gasteiger partial charge in [0, 0.05) is 0 Å². The number of nitrogens with one attached hydrogen (secondary N) is 1. The number of quaternary nitrogens is 1. The first-order chi connectivity index (χ1) is 3.63. The van der Waals surface area contributed by atoms with E-state index in [1.807, 2.05) is 0 Å². The molecule has 0 spiro atoms. The van der Waals surface area contributed by atoms with E-state index in [1.54, 1.807) is 4.90 Å². The van der Waals surface area contributed by atoms with Gasteiger partial charge in [-0.25, -0.2) is 0 Å². The molecule has 0 aromatic heterocycles. The molecule has 0 atom stereocenters. The summed E-state index contributed by atoms with van der Waals surface area (Å²) in [6.45, 7) is 5.84. The van der Waals surface area contributed by atoms with Crippen LogP contribution in [0.15, 0.2) is 0 Å². The van der Waals surface area contributed by atoms with Crippen molar-refractivity contribution in [2.45, 2.75) is 27.7 Å². The molecule has 0 aliphatic rings. The maximum Gasteiger partial charge on any atom is 0.0769 e. The average molecular weight is 132 g/mol. The van der Waals surface area contributed by atoms with Crippen molar-refractivity contribution in [2.24, 2.45) is 5.92 Å². The average Bonchev–Trinajstić information content (AvgIpc) is 1.61. The molecular formula is C8H22N+. The van der Waals surface area contributed by atoms with Crippen molar-refractivity contribution < 1.29 is 4.90 Å². The first-order valence-corrected chi connectivity index (χ1v) is 3.42. The van der Waals surface area contributed by atoms with E-state index in [9.17, 15) is 0 Å². The number of hydrogen-bond acceptors (Lipinski definition) is 0. The molecule has 0 rings (SSSR count). The smallest absolute Gasteiger partial charge is 0.0769 e. The molecule has 0 aliphatic carbocycles. The molecular weight excluding hydrogens is 110 g/mol. The van der Waals surface area contributed by atoms with Gasteiger partial charge in [0.05, 0.1) is 20.6 Å². The van der Waals surface area contributed by atoms with E-state index in [4.69, 9.17) is 0 Å². The second-order valence-electron chi connectivity index (χ2n) is 3.14. The second-order valence-corrected chi connectivity index (χ2v) is 3.14. The molecule has 0 saturated heterocycles. The van der Waals surface area contributed by atoms with Crippen molar-refractivity contribution in [3.8, 4) is 0 Å². The van der Waals surface area contributed by atoms with Crippen molar-refractivity contribution in [3.05, 3.63) is 0 Å². The summed E-state index contributed by atoms with van der Waals surface area (Å²) in [5.74, 6) is 0.866. The van der Waals surface area contributed by atoms with Gasteiger partial charge in [-0.15, -0.1) is 0 Å². The van der Waals surface area contributed by atoms with Crippen molar-refractivity contribution >= 4 is 0 Å². The lowest BCUT2D eigenvalue weighted by atomic mass is 10.1. The summed E-state index contributed by atoms with van der Waals surface area (Å²) in [6.07, 6.45) is 1.35. The van der Waals surface area contributed by atoms with Gasteiger partial charge in [0.15, 0.2) is 0 Å². The molecule has 0 unspecified atom stereocenters. The zero-order valence-corrected chi connectivity index (χ0v) is 6.49. The lowest BCUT2D eigenvalue weighted by Crippen LogP contribution is -3.05. The Bertz CT molecular complexity index is 40.5. The molecule has 1 N–H and O–H groups in total. The van der Waals surface area contributed by atoms with Gasteiger partial charge in [-0.05, 0) is 12.3 Å². The Balaban J connectivity index is 0. The standard InChI is InChI=1S/C7H17N.CH4/c1-7(2)5-6-8(3)4;/h7H,5-6H2,1-4H3;1H4/p+1. The fourth-order valence-electron chi connectivity index (χ4n) is 0.577. The van der Waals surface area contributed by atoms with Gasteiger partial charge >= 0.3 is 0 Å². The SMILES string of the molecule is C.CC(C)CC[NH+](C)C. The van der Waals surface area contributed by atoms with Crippen LogP contribution in [0.4, 0.5) is 0 Å². The van der Waals surface area contributed by atoms with Crippen LogP contribution in [-0.4, -0.2) is 20.6 Å². The quantitative estimate of drug-likeness (QED) is 0.580. The molecule has 0 saturated carbocycles. The molecule has 0 bridgehead atoms. The minimum atomic E-state index is 0. The highest BCUT2D eigenvalue weighted by Crippen LogP contribution is 1.93. The first-order valence-electron chi connectivity index (χ1n) is 3.42. The molecule has 0 amide bonds. The van der Waals surface area contributed by atoms with E-state index in [-0.39, 0.29) is 7.43 Å². The largest absolute Gasteiger partial charge is 0.340 e. The third-order valence-electron chi connectivity index (χ3n) is 1.22. The Morgan fingerprint density at radius 2 is 1.67 bits per heavy atom. The molecule has 0 fully saturated rings. The fourth-order valence-corrected chi connectivity index (χ4v) is 0.577. The lowest BCUT2D eigenvalue weighted by Gasteiger charge is -2.07. The Morgan fingerprint density at radius 1 is 1.22 bits per heavy atom. The fraction of sp³-hybridized carbons (Fsp3) is 1.00. The van der Waals surface area contributed by atoms with Crippen molar-refractivity contribution in [3.63, 3.8) is 0 Å². The molecule has 58 valence electrons. The molecule has 0 aromatic carbocycles. The zero-order chi connectivity index (χ0) is 6.57. The number of rotatable bonds is 3. The summed E-state index contributed by atoms with van der Waals surface area (Å²) in [6, 6.07) is 0. The minimum absolute atomic E-state index is 0. The highest BCUT2D eigenvalue weighted by atomic mass is 15.0. The van der Waals surface area contributed by atoms with Gasteiger partial charge in [-0.1, -0.05) is 21.3 Å². The Morgan fingerprint density at radius 3 is 1.78 bits per heavy atom. The second kappa shape index (κ2) is 6.09. The van der Waals surface area contributed by atoms with Gasteiger partial charge in [0.1, 0.15) is 0 Å². The molecule has 0 aromatic rings. The third kappa shape index (κ3) is 11.5. The molecule has 1 heteroatoms. The van der Waals surface area contributed by atoms with Crippen LogP contribution in [-0.2, 0) is 0 Å².